The van der Waals surface area contributed by atoms with Crippen LogP contribution in [0.2, 0.25) is 0 Å². The zero-order valence-electron chi connectivity index (χ0n) is 10.6. The number of Topliss-reactive ketones (excluding diaryl/α,β-unsaturated/α-hetero) is 2. The summed E-state index contributed by atoms with van der Waals surface area (Å²) in [6.45, 7) is 0. The average molecular weight is 455 g/mol. The molecule has 2 aromatic carbocycles. The van der Waals surface area contributed by atoms with Crippen LogP contribution >= 0.6 is 38.5 Å². The standard InChI is InChI=1S/C16H8BrIO3/c17-9-5-8(14(19)13(18)7-9)6-12-15(20)10-3-1-2-4-11(10)16(12)21/h1-7,19H. The summed E-state index contributed by atoms with van der Waals surface area (Å²) in [6.07, 6.45) is 1.45. The van der Waals surface area contributed by atoms with Crippen molar-refractivity contribution < 1.29 is 14.7 Å². The van der Waals surface area contributed by atoms with Gasteiger partial charge in [0.15, 0.2) is 11.6 Å². The number of fused-ring (bicyclic) bond motifs is 1. The van der Waals surface area contributed by atoms with Gasteiger partial charge >= 0.3 is 0 Å². The van der Waals surface area contributed by atoms with Gasteiger partial charge in [-0.2, -0.15) is 0 Å². The Labute approximate surface area is 142 Å². The monoisotopic (exact) mass is 454 g/mol. The Morgan fingerprint density at radius 2 is 1.62 bits per heavy atom. The van der Waals surface area contributed by atoms with Crippen molar-refractivity contribution >= 4 is 56.2 Å². The van der Waals surface area contributed by atoms with E-state index in [4.69, 9.17) is 0 Å². The summed E-state index contributed by atoms with van der Waals surface area (Å²) in [5, 5.41) is 10.1. The van der Waals surface area contributed by atoms with Crippen molar-refractivity contribution in [2.24, 2.45) is 0 Å². The van der Waals surface area contributed by atoms with E-state index in [-0.39, 0.29) is 22.9 Å². The van der Waals surface area contributed by atoms with Crippen molar-refractivity contribution in [2.45, 2.75) is 0 Å². The second kappa shape index (κ2) is 5.38. The van der Waals surface area contributed by atoms with Gasteiger partial charge in [0, 0.05) is 21.2 Å². The lowest BCUT2D eigenvalue weighted by Crippen LogP contribution is -2.00. The van der Waals surface area contributed by atoms with Gasteiger partial charge in [0.1, 0.15) is 5.75 Å². The molecule has 5 heteroatoms. The highest BCUT2D eigenvalue weighted by Crippen LogP contribution is 2.33. The van der Waals surface area contributed by atoms with Gasteiger partial charge in [0.25, 0.3) is 0 Å². The summed E-state index contributed by atoms with van der Waals surface area (Å²) >= 11 is 5.33. The van der Waals surface area contributed by atoms with Crippen LogP contribution in [0.15, 0.2) is 46.4 Å². The average Bonchev–Trinajstić information content (AvgIpc) is 2.70. The molecule has 0 radical (unpaired) electrons. The normalized spacial score (nSPS) is 13.5. The molecule has 104 valence electrons. The Kier molecular flexibility index (Phi) is 3.71. The number of benzene rings is 2. The van der Waals surface area contributed by atoms with E-state index in [2.05, 4.69) is 15.9 Å². The van der Waals surface area contributed by atoms with Gasteiger partial charge in [-0.25, -0.2) is 0 Å². The number of ketones is 2. The van der Waals surface area contributed by atoms with Gasteiger partial charge in [-0.3, -0.25) is 9.59 Å². The van der Waals surface area contributed by atoms with Gasteiger partial charge < -0.3 is 5.11 Å². The molecule has 0 heterocycles. The third kappa shape index (κ3) is 2.44. The number of carbonyl (C=O) groups excluding carboxylic acids is 2. The molecule has 3 nitrogen and oxygen atoms in total. The molecule has 0 bridgehead atoms. The van der Waals surface area contributed by atoms with Crippen molar-refractivity contribution in [3.8, 4) is 5.75 Å². The quantitative estimate of drug-likeness (QED) is 0.398. The molecule has 1 aliphatic carbocycles. The highest BCUT2D eigenvalue weighted by Gasteiger charge is 2.32. The molecule has 21 heavy (non-hydrogen) atoms. The maximum absolute atomic E-state index is 12.3. The van der Waals surface area contributed by atoms with E-state index >= 15 is 0 Å². The van der Waals surface area contributed by atoms with Crippen molar-refractivity contribution in [3.63, 3.8) is 0 Å². The highest BCUT2D eigenvalue weighted by atomic mass is 127. The zero-order valence-corrected chi connectivity index (χ0v) is 14.3. The minimum atomic E-state index is -0.301. The Morgan fingerprint density at radius 3 is 2.19 bits per heavy atom. The predicted octanol–water partition coefficient (Wildman–Crippen LogP) is 4.22. The van der Waals surface area contributed by atoms with Crippen LogP contribution in [0.4, 0.5) is 0 Å². The molecule has 1 aliphatic rings. The fourth-order valence-corrected chi connectivity index (χ4v) is 3.81. The number of rotatable bonds is 1. The molecule has 0 aromatic heterocycles. The molecule has 0 unspecified atom stereocenters. The van der Waals surface area contributed by atoms with E-state index in [1.54, 1.807) is 36.4 Å². The summed E-state index contributed by atoms with van der Waals surface area (Å²) in [5.74, 6) is -0.544. The SMILES string of the molecule is O=C1C(=Cc2cc(Br)cc(I)c2O)C(=O)c2ccccc21. The Bertz CT molecular complexity index is 787. The summed E-state index contributed by atoms with van der Waals surface area (Å²) in [6, 6.07) is 10.2. The zero-order chi connectivity index (χ0) is 15.1. The van der Waals surface area contributed by atoms with Gasteiger partial charge in [0.2, 0.25) is 0 Å². The number of hydrogen-bond acceptors (Lipinski definition) is 3. The molecule has 0 fully saturated rings. The summed E-state index contributed by atoms with van der Waals surface area (Å²) in [5.41, 5.74) is 1.36. The molecule has 3 rings (SSSR count). The van der Waals surface area contributed by atoms with Gasteiger partial charge in [-0.15, -0.1) is 0 Å². The highest BCUT2D eigenvalue weighted by molar-refractivity contribution is 14.1. The Balaban J connectivity index is 2.15. The third-order valence-electron chi connectivity index (χ3n) is 3.26. The maximum Gasteiger partial charge on any atom is 0.197 e. The summed E-state index contributed by atoms with van der Waals surface area (Å²) in [4.78, 5) is 24.6. The van der Waals surface area contributed by atoms with E-state index in [1.807, 2.05) is 22.6 Å². The van der Waals surface area contributed by atoms with Crippen molar-refractivity contribution in [2.75, 3.05) is 0 Å². The predicted molar refractivity (Wildman–Crippen MR) is 91.6 cm³/mol. The first-order chi connectivity index (χ1) is 9.99. The fraction of sp³-hybridized carbons (Fsp3) is 0. The van der Waals surface area contributed by atoms with Gasteiger partial charge in [0.05, 0.1) is 9.14 Å². The van der Waals surface area contributed by atoms with Crippen LogP contribution in [0.5, 0.6) is 5.75 Å². The van der Waals surface area contributed by atoms with Crippen LogP contribution in [-0.2, 0) is 0 Å². The molecule has 0 aliphatic heterocycles. The lowest BCUT2D eigenvalue weighted by molar-refractivity contribution is 0.0990. The van der Waals surface area contributed by atoms with E-state index in [0.717, 1.165) is 4.47 Å². The van der Waals surface area contributed by atoms with Crippen LogP contribution in [0.25, 0.3) is 6.08 Å². The molecule has 0 saturated carbocycles. The van der Waals surface area contributed by atoms with Crippen LogP contribution in [-0.4, -0.2) is 16.7 Å². The molecule has 0 spiro atoms. The lowest BCUT2D eigenvalue weighted by atomic mass is 10.1. The molecule has 2 aromatic rings. The topological polar surface area (TPSA) is 54.4 Å². The Morgan fingerprint density at radius 1 is 1.05 bits per heavy atom. The molecule has 0 atom stereocenters. The number of phenolic OH excluding ortho intramolecular Hbond substituents is 1. The molecular formula is C16H8BrIO3. The molecule has 0 saturated heterocycles. The van der Waals surface area contributed by atoms with Crippen LogP contribution in [0.1, 0.15) is 26.3 Å². The minimum absolute atomic E-state index is 0.0582. The first-order valence-electron chi connectivity index (χ1n) is 6.07. The first-order valence-corrected chi connectivity index (χ1v) is 7.94. The van der Waals surface area contributed by atoms with E-state index in [1.165, 1.54) is 6.08 Å². The minimum Gasteiger partial charge on any atom is -0.506 e. The van der Waals surface area contributed by atoms with Crippen molar-refractivity contribution in [3.05, 3.63) is 66.7 Å². The van der Waals surface area contributed by atoms with Crippen LogP contribution in [0.3, 0.4) is 0 Å². The van der Waals surface area contributed by atoms with Crippen LogP contribution < -0.4 is 0 Å². The number of carbonyl (C=O) groups is 2. The van der Waals surface area contributed by atoms with E-state index in [0.29, 0.717) is 20.3 Å². The van der Waals surface area contributed by atoms with E-state index in [9.17, 15) is 14.7 Å². The van der Waals surface area contributed by atoms with Crippen molar-refractivity contribution in [1.29, 1.82) is 0 Å². The number of aromatic hydroxyl groups is 1. The smallest absolute Gasteiger partial charge is 0.197 e. The molecule has 0 amide bonds. The number of phenols is 1. The second-order valence-corrected chi connectivity index (χ2v) is 6.67. The summed E-state index contributed by atoms with van der Waals surface area (Å²) < 4.78 is 1.41. The van der Waals surface area contributed by atoms with E-state index < -0.39 is 0 Å². The first kappa shape index (κ1) is 14.5. The maximum atomic E-state index is 12.3. The number of halogens is 2. The largest absolute Gasteiger partial charge is 0.506 e. The second-order valence-electron chi connectivity index (χ2n) is 4.59. The molecule has 1 N–H and O–H groups in total. The fourth-order valence-electron chi connectivity index (χ4n) is 2.25. The molecular weight excluding hydrogens is 447 g/mol. The third-order valence-corrected chi connectivity index (χ3v) is 4.54. The Hall–Kier alpha value is -1.47. The van der Waals surface area contributed by atoms with Gasteiger partial charge in [-0.1, -0.05) is 40.2 Å². The number of hydrogen-bond donors (Lipinski definition) is 1. The van der Waals surface area contributed by atoms with Crippen molar-refractivity contribution in [1.82, 2.24) is 0 Å². The lowest BCUT2D eigenvalue weighted by Gasteiger charge is -2.04. The number of allylic oxidation sites excluding steroid dienone is 1. The van der Waals surface area contributed by atoms with Crippen LogP contribution in [0, 0.1) is 3.57 Å². The summed E-state index contributed by atoms with van der Waals surface area (Å²) in [7, 11) is 0. The van der Waals surface area contributed by atoms with Gasteiger partial charge in [-0.05, 0) is 40.8 Å².